The first kappa shape index (κ1) is 14.6. The van der Waals surface area contributed by atoms with Gasteiger partial charge < -0.3 is 5.11 Å². The second-order valence-electron chi connectivity index (χ2n) is 4.71. The van der Waals surface area contributed by atoms with Gasteiger partial charge in [-0.3, -0.25) is 0 Å². The Hall–Kier alpha value is -1.85. The Bertz CT molecular complexity index is 651. The smallest absolute Gasteiger partial charge is 0.240 e. The molecule has 2 aromatic rings. The second kappa shape index (κ2) is 6.07. The van der Waals surface area contributed by atoms with Crippen LogP contribution in [0.15, 0.2) is 59.5 Å². The molecule has 106 valence electrons. The molecule has 0 fully saturated rings. The van der Waals surface area contributed by atoms with Crippen molar-refractivity contribution in [2.75, 3.05) is 0 Å². The van der Waals surface area contributed by atoms with Gasteiger partial charge in [-0.2, -0.15) is 0 Å². The molecule has 0 unspecified atom stereocenters. The lowest BCUT2D eigenvalue weighted by Gasteiger charge is -2.14. The van der Waals surface area contributed by atoms with Crippen LogP contribution in [0.1, 0.15) is 12.5 Å². The summed E-state index contributed by atoms with van der Waals surface area (Å²) in [6.07, 6.45) is 0.562. The maximum absolute atomic E-state index is 12.1. The van der Waals surface area contributed by atoms with Gasteiger partial charge in [0.25, 0.3) is 0 Å². The molecule has 0 aliphatic rings. The summed E-state index contributed by atoms with van der Waals surface area (Å²) in [5.74, 6) is 0.200. The van der Waals surface area contributed by atoms with Gasteiger partial charge in [0.05, 0.1) is 4.90 Å². The van der Waals surface area contributed by atoms with Crippen LogP contribution in [0.2, 0.25) is 0 Å². The molecule has 2 N–H and O–H groups in total. The Morgan fingerprint density at radius 1 is 1.05 bits per heavy atom. The largest absolute Gasteiger partial charge is 0.508 e. The maximum Gasteiger partial charge on any atom is 0.240 e. The van der Waals surface area contributed by atoms with Crippen molar-refractivity contribution in [3.63, 3.8) is 0 Å². The van der Waals surface area contributed by atoms with Gasteiger partial charge in [0.15, 0.2) is 0 Å². The molecule has 4 nitrogen and oxygen atoms in total. The molecule has 0 spiro atoms. The maximum atomic E-state index is 12.1. The number of benzene rings is 2. The molecule has 0 radical (unpaired) electrons. The molecule has 2 aromatic carbocycles. The predicted molar refractivity (Wildman–Crippen MR) is 78.0 cm³/mol. The van der Waals surface area contributed by atoms with E-state index < -0.39 is 10.0 Å². The van der Waals surface area contributed by atoms with E-state index in [0.29, 0.717) is 6.42 Å². The highest BCUT2D eigenvalue weighted by Gasteiger charge is 2.16. The fraction of sp³-hybridized carbons (Fsp3) is 0.200. The van der Waals surface area contributed by atoms with Crippen LogP contribution in [0.25, 0.3) is 0 Å². The zero-order chi connectivity index (χ0) is 14.6. The van der Waals surface area contributed by atoms with E-state index in [9.17, 15) is 13.5 Å². The molecule has 0 amide bonds. The van der Waals surface area contributed by atoms with E-state index in [4.69, 9.17) is 0 Å². The first-order valence-electron chi connectivity index (χ1n) is 6.33. The van der Waals surface area contributed by atoms with E-state index in [-0.39, 0.29) is 16.7 Å². The molecule has 0 bridgehead atoms. The zero-order valence-electron chi connectivity index (χ0n) is 11.2. The molecule has 1 atom stereocenters. The molecule has 0 aromatic heterocycles. The van der Waals surface area contributed by atoms with E-state index in [1.807, 2.05) is 6.92 Å². The molecule has 0 saturated heterocycles. The first-order valence-corrected chi connectivity index (χ1v) is 7.81. The third kappa shape index (κ3) is 3.82. The number of sulfonamides is 1. The topological polar surface area (TPSA) is 66.4 Å². The lowest BCUT2D eigenvalue weighted by molar-refractivity contribution is 0.475. The molecule has 0 aliphatic heterocycles. The fourth-order valence-corrected chi connectivity index (χ4v) is 3.22. The number of rotatable bonds is 5. The van der Waals surface area contributed by atoms with E-state index >= 15 is 0 Å². The van der Waals surface area contributed by atoms with Crippen molar-refractivity contribution in [1.82, 2.24) is 4.72 Å². The van der Waals surface area contributed by atoms with E-state index in [1.165, 1.54) is 0 Å². The Morgan fingerprint density at radius 2 is 1.65 bits per heavy atom. The minimum atomic E-state index is -3.49. The zero-order valence-corrected chi connectivity index (χ0v) is 12.0. The normalized spacial score (nSPS) is 13.1. The summed E-state index contributed by atoms with van der Waals surface area (Å²) < 4.78 is 26.9. The molecule has 2 rings (SSSR count). The van der Waals surface area contributed by atoms with Gasteiger partial charge in [0.1, 0.15) is 5.75 Å². The average Bonchev–Trinajstić information content (AvgIpc) is 2.42. The van der Waals surface area contributed by atoms with Crippen molar-refractivity contribution in [1.29, 1.82) is 0 Å². The third-order valence-electron chi connectivity index (χ3n) is 2.89. The molecule has 5 heteroatoms. The number of aromatic hydroxyl groups is 1. The number of nitrogens with one attached hydrogen (secondary N) is 1. The van der Waals surface area contributed by atoms with Gasteiger partial charge >= 0.3 is 0 Å². The van der Waals surface area contributed by atoms with Crippen LogP contribution < -0.4 is 4.72 Å². The van der Waals surface area contributed by atoms with Crippen molar-refractivity contribution in [3.05, 3.63) is 60.2 Å². The van der Waals surface area contributed by atoms with Crippen LogP contribution in [0.3, 0.4) is 0 Å². The monoisotopic (exact) mass is 291 g/mol. The molecular formula is C15H17NO3S. The van der Waals surface area contributed by atoms with Gasteiger partial charge in [-0.05, 0) is 43.2 Å². The van der Waals surface area contributed by atoms with Crippen molar-refractivity contribution < 1.29 is 13.5 Å². The minimum absolute atomic E-state index is 0.200. The van der Waals surface area contributed by atoms with Crippen molar-refractivity contribution in [2.24, 2.45) is 0 Å². The van der Waals surface area contributed by atoms with Crippen LogP contribution in [0.5, 0.6) is 5.75 Å². The first-order chi connectivity index (χ1) is 9.47. The standard InChI is InChI=1S/C15H17NO3S/c1-12(11-13-7-9-14(17)10-8-13)16-20(18,19)15-5-3-2-4-6-15/h2-10,12,16-17H,11H2,1H3/t12-/m0/s1. The third-order valence-corrected chi connectivity index (χ3v) is 4.49. The predicted octanol–water partition coefficient (Wildman–Crippen LogP) is 2.30. The molecule has 0 aliphatic carbocycles. The highest BCUT2D eigenvalue weighted by Crippen LogP contribution is 2.13. The van der Waals surface area contributed by atoms with Crippen LogP contribution in [-0.4, -0.2) is 19.6 Å². The minimum Gasteiger partial charge on any atom is -0.508 e. The number of phenolic OH excluding ortho intramolecular Hbond substituents is 1. The summed E-state index contributed by atoms with van der Waals surface area (Å²) >= 11 is 0. The lowest BCUT2D eigenvalue weighted by Crippen LogP contribution is -2.34. The Morgan fingerprint density at radius 3 is 2.25 bits per heavy atom. The van der Waals surface area contributed by atoms with Crippen molar-refractivity contribution >= 4 is 10.0 Å². The molecule has 20 heavy (non-hydrogen) atoms. The molecule has 0 heterocycles. The summed E-state index contributed by atoms with van der Waals surface area (Å²) in [7, 11) is -3.49. The van der Waals surface area contributed by atoms with Gasteiger partial charge in [0.2, 0.25) is 10.0 Å². The molecular weight excluding hydrogens is 274 g/mol. The summed E-state index contributed by atoms with van der Waals surface area (Å²) in [5.41, 5.74) is 0.964. The second-order valence-corrected chi connectivity index (χ2v) is 6.42. The lowest BCUT2D eigenvalue weighted by atomic mass is 10.1. The van der Waals surface area contributed by atoms with E-state index in [0.717, 1.165) is 5.56 Å². The van der Waals surface area contributed by atoms with Crippen molar-refractivity contribution in [2.45, 2.75) is 24.3 Å². The fourth-order valence-electron chi connectivity index (χ4n) is 1.96. The quantitative estimate of drug-likeness (QED) is 0.888. The van der Waals surface area contributed by atoms with Crippen LogP contribution in [0, 0.1) is 0 Å². The summed E-state index contributed by atoms with van der Waals surface area (Å²) in [6.45, 7) is 1.81. The van der Waals surface area contributed by atoms with Gasteiger partial charge in [-0.25, -0.2) is 13.1 Å². The van der Waals surface area contributed by atoms with Crippen LogP contribution in [-0.2, 0) is 16.4 Å². The number of hydrogen-bond donors (Lipinski definition) is 2. The average molecular weight is 291 g/mol. The summed E-state index contributed by atoms with van der Waals surface area (Å²) in [5, 5.41) is 9.21. The van der Waals surface area contributed by atoms with E-state index in [2.05, 4.69) is 4.72 Å². The van der Waals surface area contributed by atoms with Crippen molar-refractivity contribution in [3.8, 4) is 5.75 Å². The Kier molecular flexibility index (Phi) is 4.42. The van der Waals surface area contributed by atoms with E-state index in [1.54, 1.807) is 54.6 Å². The SMILES string of the molecule is C[C@@H](Cc1ccc(O)cc1)NS(=O)(=O)c1ccccc1. The highest BCUT2D eigenvalue weighted by molar-refractivity contribution is 7.89. The van der Waals surface area contributed by atoms with Crippen LogP contribution in [0.4, 0.5) is 0 Å². The summed E-state index contributed by atoms with van der Waals surface area (Å²) in [4.78, 5) is 0.262. The number of hydrogen-bond acceptors (Lipinski definition) is 3. The molecule has 0 saturated carbocycles. The summed E-state index contributed by atoms with van der Waals surface area (Å²) in [6, 6.07) is 14.8. The number of phenols is 1. The van der Waals surface area contributed by atoms with Gasteiger partial charge in [-0.15, -0.1) is 0 Å². The highest BCUT2D eigenvalue weighted by atomic mass is 32.2. The van der Waals surface area contributed by atoms with Gasteiger partial charge in [-0.1, -0.05) is 30.3 Å². The van der Waals surface area contributed by atoms with Crippen LogP contribution >= 0.6 is 0 Å². The Balaban J connectivity index is 2.04. The van der Waals surface area contributed by atoms with Gasteiger partial charge in [0, 0.05) is 6.04 Å². The Labute approximate surface area is 119 Å².